The number of carboxylic acids is 1. The van der Waals surface area contributed by atoms with Gasteiger partial charge >= 0.3 is 29.6 Å². The summed E-state index contributed by atoms with van der Waals surface area (Å²) in [5.41, 5.74) is 2.21. The van der Waals surface area contributed by atoms with Crippen molar-refractivity contribution in [3.8, 4) is 0 Å². The number of nitrogens with one attached hydrogen (secondary N) is 1. The minimum Gasteiger partial charge on any atom is -0.548 e. The van der Waals surface area contributed by atoms with Gasteiger partial charge in [0, 0.05) is 5.56 Å². The first-order valence-electron chi connectivity index (χ1n) is 8.63. The Bertz CT molecular complexity index is 605. The number of rotatable bonds is 4. The molecule has 4 bridgehead atoms. The normalized spacial score (nSPS) is 32.9. The van der Waals surface area contributed by atoms with Gasteiger partial charge in [0.25, 0.3) is 5.91 Å². The monoisotopic (exact) mass is 335 g/mol. The summed E-state index contributed by atoms with van der Waals surface area (Å²) in [6, 6.07) is 7.83. The van der Waals surface area contributed by atoms with Crippen molar-refractivity contribution in [1.82, 2.24) is 5.32 Å². The third-order valence-electron chi connectivity index (χ3n) is 6.19. The van der Waals surface area contributed by atoms with Gasteiger partial charge in [0.05, 0.1) is 12.5 Å². The molecule has 5 rings (SSSR count). The van der Waals surface area contributed by atoms with E-state index in [-0.39, 0.29) is 35.5 Å². The van der Waals surface area contributed by atoms with Crippen molar-refractivity contribution in [2.45, 2.75) is 43.9 Å². The smallest absolute Gasteiger partial charge is 0.548 e. The Hall–Kier alpha value is -0.840. The number of carbonyl (C=O) groups excluding carboxylic acids is 2. The maximum atomic E-state index is 11.9. The Balaban J connectivity index is 0.00000169. The standard InChI is InChI=1S/C19H23NO3.Na/c21-17(22)11-20-18(23)15-1-3-16(4-2-15)19-8-12-5-13(9-19)7-14(6-12)10-19;/h1-4,12-14H,5-11H2,(H,20,23)(H,21,22);/q;+1/p-1. The van der Waals surface area contributed by atoms with E-state index in [0.717, 1.165) is 17.8 Å². The zero-order valence-corrected chi connectivity index (χ0v) is 16.2. The quantitative estimate of drug-likeness (QED) is 0.691. The van der Waals surface area contributed by atoms with Gasteiger partial charge in [0.15, 0.2) is 0 Å². The fourth-order valence-corrected chi connectivity index (χ4v) is 5.69. The number of hydrogen-bond donors (Lipinski definition) is 1. The average Bonchev–Trinajstić information content (AvgIpc) is 2.51. The maximum Gasteiger partial charge on any atom is 1.00 e. The zero-order chi connectivity index (χ0) is 16.0. The molecular weight excluding hydrogens is 313 g/mol. The van der Waals surface area contributed by atoms with Gasteiger partial charge in [0.2, 0.25) is 0 Å². The molecule has 0 heterocycles. The minimum absolute atomic E-state index is 0. The Labute approximate surface area is 164 Å². The van der Waals surface area contributed by atoms with E-state index in [2.05, 4.69) is 17.4 Å². The van der Waals surface area contributed by atoms with Crippen LogP contribution < -0.4 is 40.0 Å². The van der Waals surface area contributed by atoms with Crippen molar-refractivity contribution in [2.24, 2.45) is 17.8 Å². The molecule has 0 radical (unpaired) electrons. The molecule has 1 amide bonds. The summed E-state index contributed by atoms with van der Waals surface area (Å²) in [6.07, 6.45) is 8.16. The van der Waals surface area contributed by atoms with Crippen LogP contribution in [0.25, 0.3) is 0 Å². The van der Waals surface area contributed by atoms with Crippen molar-refractivity contribution in [3.05, 3.63) is 35.4 Å². The van der Waals surface area contributed by atoms with Crippen LogP contribution in [0.5, 0.6) is 0 Å². The van der Waals surface area contributed by atoms with Crippen LogP contribution in [-0.4, -0.2) is 18.4 Å². The Morgan fingerprint density at radius 2 is 1.50 bits per heavy atom. The van der Waals surface area contributed by atoms with Crippen molar-refractivity contribution in [3.63, 3.8) is 0 Å². The number of aliphatic carboxylic acids is 1. The van der Waals surface area contributed by atoms with Gasteiger partial charge in [0.1, 0.15) is 0 Å². The van der Waals surface area contributed by atoms with Gasteiger partial charge in [-0.1, -0.05) is 12.1 Å². The van der Waals surface area contributed by atoms with E-state index in [1.165, 1.54) is 44.1 Å². The van der Waals surface area contributed by atoms with Crippen molar-refractivity contribution in [1.29, 1.82) is 0 Å². The molecule has 1 aromatic carbocycles. The molecule has 0 aromatic heterocycles. The molecule has 0 spiro atoms. The van der Waals surface area contributed by atoms with Gasteiger partial charge in [-0.25, -0.2) is 0 Å². The molecule has 5 heteroatoms. The molecule has 1 N–H and O–H groups in total. The van der Waals surface area contributed by atoms with Crippen LogP contribution in [-0.2, 0) is 10.2 Å². The van der Waals surface area contributed by atoms with Gasteiger partial charge in [-0.3, -0.25) is 4.79 Å². The molecule has 1 aromatic rings. The molecule has 4 fully saturated rings. The predicted octanol–water partition coefficient (Wildman–Crippen LogP) is -1.36. The second-order valence-corrected chi connectivity index (χ2v) is 7.83. The van der Waals surface area contributed by atoms with Crippen LogP contribution in [0.4, 0.5) is 0 Å². The van der Waals surface area contributed by atoms with E-state index < -0.39 is 12.5 Å². The zero-order valence-electron chi connectivity index (χ0n) is 14.2. The summed E-state index contributed by atoms with van der Waals surface area (Å²) < 4.78 is 0. The van der Waals surface area contributed by atoms with Crippen molar-refractivity contribution >= 4 is 11.9 Å². The van der Waals surface area contributed by atoms with Crippen LogP contribution in [0.1, 0.15) is 54.4 Å². The summed E-state index contributed by atoms with van der Waals surface area (Å²) >= 11 is 0. The number of amides is 1. The summed E-state index contributed by atoms with van der Waals surface area (Å²) in [5.74, 6) is 1.06. The number of carboxylic acid groups (broad SMARTS) is 1. The van der Waals surface area contributed by atoms with E-state index in [1.807, 2.05) is 12.1 Å². The molecule has 24 heavy (non-hydrogen) atoms. The van der Waals surface area contributed by atoms with Crippen molar-refractivity contribution in [2.75, 3.05) is 6.54 Å². The first-order valence-corrected chi connectivity index (χ1v) is 8.63. The molecular formula is C19H22NNaO3. The molecule has 4 aliphatic rings. The van der Waals surface area contributed by atoms with E-state index in [0.29, 0.717) is 11.0 Å². The van der Waals surface area contributed by atoms with E-state index in [1.54, 1.807) is 0 Å². The molecule has 4 aliphatic carbocycles. The molecule has 122 valence electrons. The van der Waals surface area contributed by atoms with Crippen LogP contribution in [0.15, 0.2) is 24.3 Å². The second kappa shape index (κ2) is 6.81. The van der Waals surface area contributed by atoms with Crippen LogP contribution in [0, 0.1) is 17.8 Å². The molecule has 0 atom stereocenters. The number of hydrogen-bond acceptors (Lipinski definition) is 3. The molecule has 0 aliphatic heterocycles. The largest absolute Gasteiger partial charge is 1.00 e. The summed E-state index contributed by atoms with van der Waals surface area (Å²) in [4.78, 5) is 22.3. The predicted molar refractivity (Wildman–Crippen MR) is 83.6 cm³/mol. The molecule has 4 saturated carbocycles. The summed E-state index contributed by atoms with van der Waals surface area (Å²) in [5, 5.41) is 12.8. The van der Waals surface area contributed by atoms with E-state index in [9.17, 15) is 14.7 Å². The van der Waals surface area contributed by atoms with Gasteiger partial charge in [-0.15, -0.1) is 0 Å². The number of carbonyl (C=O) groups is 2. The number of benzene rings is 1. The third kappa shape index (κ3) is 3.29. The fraction of sp³-hybridized carbons (Fsp3) is 0.579. The summed E-state index contributed by atoms with van der Waals surface area (Å²) in [7, 11) is 0. The maximum absolute atomic E-state index is 11.9. The Kier molecular flexibility index (Phi) is 5.10. The summed E-state index contributed by atoms with van der Waals surface area (Å²) in [6.45, 7) is -0.449. The molecule has 0 saturated heterocycles. The van der Waals surface area contributed by atoms with Crippen LogP contribution >= 0.6 is 0 Å². The SMILES string of the molecule is O=C([O-])CNC(=O)c1ccc(C23CC4CC(CC(C4)C2)C3)cc1.[Na+]. The molecule has 0 unspecified atom stereocenters. The fourth-order valence-electron chi connectivity index (χ4n) is 5.69. The first kappa shape index (κ1) is 18.0. The van der Waals surface area contributed by atoms with E-state index >= 15 is 0 Å². The minimum atomic E-state index is -1.27. The van der Waals surface area contributed by atoms with Crippen LogP contribution in [0.3, 0.4) is 0 Å². The Morgan fingerprint density at radius 1 is 1.00 bits per heavy atom. The molecule has 4 nitrogen and oxygen atoms in total. The van der Waals surface area contributed by atoms with Gasteiger partial charge in [-0.2, -0.15) is 0 Å². The first-order chi connectivity index (χ1) is 11.0. The Morgan fingerprint density at radius 3 is 1.96 bits per heavy atom. The average molecular weight is 335 g/mol. The third-order valence-corrected chi connectivity index (χ3v) is 6.19. The van der Waals surface area contributed by atoms with E-state index in [4.69, 9.17) is 0 Å². The second-order valence-electron chi connectivity index (χ2n) is 7.83. The topological polar surface area (TPSA) is 69.2 Å². The van der Waals surface area contributed by atoms with Crippen molar-refractivity contribution < 1.29 is 44.3 Å². The van der Waals surface area contributed by atoms with Crippen LogP contribution in [0.2, 0.25) is 0 Å². The van der Waals surface area contributed by atoms with Gasteiger partial charge < -0.3 is 15.2 Å². The van der Waals surface area contributed by atoms with Gasteiger partial charge in [-0.05, 0) is 79.4 Å².